The third-order valence-electron chi connectivity index (χ3n) is 1.99. The Hall–Kier alpha value is -0.930. The lowest BCUT2D eigenvalue weighted by Gasteiger charge is -2.21. The molecule has 0 aliphatic carbocycles. The zero-order valence-corrected chi connectivity index (χ0v) is 8.26. The average Bonchev–Trinajstić information content (AvgIpc) is 2.09. The molecule has 1 atom stereocenters. The second-order valence-corrected chi connectivity index (χ2v) is 3.71. The van der Waals surface area contributed by atoms with Crippen LogP contribution >= 0.6 is 11.6 Å². The molecule has 1 rings (SSSR count). The Labute approximate surface area is 82.0 Å². The average molecular weight is 202 g/mol. The molecule has 0 bridgehead atoms. The van der Waals surface area contributed by atoms with E-state index < -0.39 is 5.00 Å². The first-order valence-corrected chi connectivity index (χ1v) is 4.25. The second-order valence-electron chi connectivity index (χ2n) is 2.96. The van der Waals surface area contributed by atoms with E-state index in [0.29, 0.717) is 5.56 Å². The molecule has 4 heteroatoms. The SMILES string of the molecule is CNC(C)(Cl)c1ccc(O)c(O)c1. The van der Waals surface area contributed by atoms with E-state index in [9.17, 15) is 5.11 Å². The fraction of sp³-hybridized carbons (Fsp3) is 0.333. The molecule has 1 unspecified atom stereocenters. The standard InChI is InChI=1S/C9H12ClNO2/c1-9(10,11-2)6-3-4-7(12)8(13)5-6/h3-5,11-13H,1-2H3. The highest BCUT2D eigenvalue weighted by molar-refractivity contribution is 6.23. The maximum absolute atomic E-state index is 9.22. The van der Waals surface area contributed by atoms with Gasteiger partial charge in [0, 0.05) is 0 Å². The van der Waals surface area contributed by atoms with Gasteiger partial charge in [0.15, 0.2) is 11.5 Å². The monoisotopic (exact) mass is 201 g/mol. The van der Waals surface area contributed by atoms with Crippen molar-refractivity contribution in [1.29, 1.82) is 0 Å². The Morgan fingerprint density at radius 3 is 2.38 bits per heavy atom. The molecule has 0 saturated carbocycles. The van der Waals surface area contributed by atoms with Gasteiger partial charge in [0.05, 0.1) is 0 Å². The first-order valence-electron chi connectivity index (χ1n) is 3.87. The molecule has 3 N–H and O–H groups in total. The van der Waals surface area contributed by atoms with Crippen LogP contribution in [0.3, 0.4) is 0 Å². The van der Waals surface area contributed by atoms with Gasteiger partial charge >= 0.3 is 0 Å². The number of benzene rings is 1. The van der Waals surface area contributed by atoms with E-state index in [0.717, 1.165) is 0 Å². The molecule has 0 heterocycles. The van der Waals surface area contributed by atoms with E-state index in [-0.39, 0.29) is 11.5 Å². The molecule has 0 aliphatic rings. The summed E-state index contributed by atoms with van der Waals surface area (Å²) in [6.45, 7) is 1.76. The number of alkyl halides is 1. The highest BCUT2D eigenvalue weighted by atomic mass is 35.5. The van der Waals surface area contributed by atoms with Crippen LogP contribution in [0.2, 0.25) is 0 Å². The maximum Gasteiger partial charge on any atom is 0.157 e. The molecule has 0 saturated heterocycles. The number of hydrogen-bond acceptors (Lipinski definition) is 3. The lowest BCUT2D eigenvalue weighted by atomic mass is 10.1. The van der Waals surface area contributed by atoms with Crippen molar-refractivity contribution in [2.24, 2.45) is 0 Å². The van der Waals surface area contributed by atoms with Crippen LogP contribution in [-0.2, 0) is 5.00 Å². The summed E-state index contributed by atoms with van der Waals surface area (Å²) in [7, 11) is 1.72. The van der Waals surface area contributed by atoms with Gasteiger partial charge in [0.1, 0.15) is 5.00 Å². The van der Waals surface area contributed by atoms with Crippen molar-refractivity contribution in [2.75, 3.05) is 7.05 Å². The molecule has 0 spiro atoms. The zero-order chi connectivity index (χ0) is 10.1. The van der Waals surface area contributed by atoms with Gasteiger partial charge in [-0.25, -0.2) is 0 Å². The summed E-state index contributed by atoms with van der Waals surface area (Å²) in [5, 5.41) is 21.2. The Morgan fingerprint density at radius 1 is 1.31 bits per heavy atom. The first kappa shape index (κ1) is 10.2. The Kier molecular flexibility index (Phi) is 2.68. The summed E-state index contributed by atoms with van der Waals surface area (Å²) in [6, 6.07) is 4.49. The summed E-state index contributed by atoms with van der Waals surface area (Å²) in [5.41, 5.74) is 0.701. The topological polar surface area (TPSA) is 52.5 Å². The van der Waals surface area contributed by atoms with E-state index in [1.54, 1.807) is 20.0 Å². The van der Waals surface area contributed by atoms with Crippen molar-refractivity contribution >= 4 is 11.6 Å². The van der Waals surface area contributed by atoms with Crippen LogP contribution in [0, 0.1) is 0 Å². The molecule has 13 heavy (non-hydrogen) atoms. The molecule has 1 aromatic carbocycles. The van der Waals surface area contributed by atoms with Gasteiger partial charge in [-0.05, 0) is 31.7 Å². The molecule has 0 radical (unpaired) electrons. The molecule has 3 nitrogen and oxygen atoms in total. The van der Waals surface area contributed by atoms with Gasteiger partial charge in [0.2, 0.25) is 0 Å². The first-order chi connectivity index (χ1) is 5.97. The van der Waals surface area contributed by atoms with Gasteiger partial charge in [-0.3, -0.25) is 5.32 Å². The lowest BCUT2D eigenvalue weighted by Crippen LogP contribution is -2.30. The van der Waals surface area contributed by atoms with E-state index in [2.05, 4.69) is 5.32 Å². The number of nitrogens with one attached hydrogen (secondary N) is 1. The minimum Gasteiger partial charge on any atom is -0.504 e. The van der Waals surface area contributed by atoms with Crippen molar-refractivity contribution in [1.82, 2.24) is 5.32 Å². The van der Waals surface area contributed by atoms with Crippen molar-refractivity contribution in [3.63, 3.8) is 0 Å². The van der Waals surface area contributed by atoms with Gasteiger partial charge < -0.3 is 10.2 Å². The number of aromatic hydroxyl groups is 2. The molecular weight excluding hydrogens is 190 g/mol. The molecule has 0 amide bonds. The minimum atomic E-state index is -0.731. The Bertz CT molecular complexity index is 312. The normalized spacial score (nSPS) is 15.3. The quantitative estimate of drug-likeness (QED) is 0.388. The third-order valence-corrected chi connectivity index (χ3v) is 2.39. The Balaban J connectivity index is 3.10. The summed E-state index contributed by atoms with van der Waals surface area (Å²) in [5.74, 6) is -0.313. The van der Waals surface area contributed by atoms with Crippen molar-refractivity contribution in [3.05, 3.63) is 23.8 Å². The summed E-state index contributed by atoms with van der Waals surface area (Å²) >= 11 is 6.07. The predicted molar refractivity (Wildman–Crippen MR) is 52.0 cm³/mol. The summed E-state index contributed by atoms with van der Waals surface area (Å²) in [4.78, 5) is -0.731. The van der Waals surface area contributed by atoms with Crippen LogP contribution < -0.4 is 5.32 Å². The van der Waals surface area contributed by atoms with E-state index in [1.807, 2.05) is 0 Å². The number of phenols is 2. The number of rotatable bonds is 2. The van der Waals surface area contributed by atoms with E-state index in [4.69, 9.17) is 16.7 Å². The van der Waals surface area contributed by atoms with Gasteiger partial charge in [-0.2, -0.15) is 0 Å². The third kappa shape index (κ3) is 2.05. The van der Waals surface area contributed by atoms with Crippen molar-refractivity contribution in [2.45, 2.75) is 11.9 Å². The van der Waals surface area contributed by atoms with Crippen LogP contribution in [0.25, 0.3) is 0 Å². The van der Waals surface area contributed by atoms with Crippen LogP contribution in [0.1, 0.15) is 12.5 Å². The van der Waals surface area contributed by atoms with Gasteiger partial charge in [-0.15, -0.1) is 0 Å². The molecule has 0 aliphatic heterocycles. The molecular formula is C9H12ClNO2. The van der Waals surface area contributed by atoms with Crippen molar-refractivity contribution < 1.29 is 10.2 Å². The minimum absolute atomic E-state index is 0.146. The largest absolute Gasteiger partial charge is 0.504 e. The summed E-state index contributed by atoms with van der Waals surface area (Å²) < 4.78 is 0. The van der Waals surface area contributed by atoms with Crippen LogP contribution in [0.4, 0.5) is 0 Å². The zero-order valence-electron chi connectivity index (χ0n) is 7.50. The molecule has 1 aromatic rings. The van der Waals surface area contributed by atoms with Crippen LogP contribution in [-0.4, -0.2) is 17.3 Å². The van der Waals surface area contributed by atoms with E-state index >= 15 is 0 Å². The number of phenolic OH excluding ortho intramolecular Hbond substituents is 2. The molecule has 0 aromatic heterocycles. The summed E-state index contributed by atoms with van der Waals surface area (Å²) in [6.07, 6.45) is 0. The fourth-order valence-electron chi connectivity index (χ4n) is 0.960. The Morgan fingerprint density at radius 2 is 1.92 bits per heavy atom. The highest BCUT2D eigenvalue weighted by Gasteiger charge is 2.21. The fourth-order valence-corrected chi connectivity index (χ4v) is 1.08. The van der Waals surface area contributed by atoms with Gasteiger partial charge in [-0.1, -0.05) is 17.7 Å². The predicted octanol–water partition coefficient (Wildman–Crippen LogP) is 1.73. The maximum atomic E-state index is 9.22. The van der Waals surface area contributed by atoms with Gasteiger partial charge in [0.25, 0.3) is 0 Å². The van der Waals surface area contributed by atoms with E-state index in [1.165, 1.54) is 12.1 Å². The number of hydrogen-bond donors (Lipinski definition) is 3. The highest BCUT2D eigenvalue weighted by Crippen LogP contribution is 2.32. The lowest BCUT2D eigenvalue weighted by molar-refractivity contribution is 0.401. The molecule has 72 valence electrons. The second kappa shape index (κ2) is 3.44. The smallest absolute Gasteiger partial charge is 0.157 e. The van der Waals surface area contributed by atoms with Crippen LogP contribution in [0.15, 0.2) is 18.2 Å². The molecule has 0 fully saturated rings. The van der Waals surface area contributed by atoms with Crippen LogP contribution in [0.5, 0.6) is 11.5 Å². The number of halogens is 1. The van der Waals surface area contributed by atoms with Crippen molar-refractivity contribution in [3.8, 4) is 11.5 Å².